The molecule has 0 fully saturated rings. The molecule has 0 amide bonds. The molecule has 2 N–H and O–H groups in total. The van der Waals surface area contributed by atoms with E-state index in [4.69, 9.17) is 9.47 Å². The van der Waals surface area contributed by atoms with Gasteiger partial charge in [0.2, 0.25) is 0 Å². The van der Waals surface area contributed by atoms with Crippen LogP contribution in [0.15, 0.2) is 43.0 Å². The van der Waals surface area contributed by atoms with Gasteiger partial charge in [0.05, 0.1) is 18.3 Å². The zero-order chi connectivity index (χ0) is 21.3. The molecule has 0 aliphatic rings. The number of aromatic nitrogens is 4. The number of aromatic hydroxyl groups is 1. The van der Waals surface area contributed by atoms with Crippen LogP contribution in [0.2, 0.25) is 0 Å². The maximum atomic E-state index is 14.3. The highest BCUT2D eigenvalue weighted by molar-refractivity contribution is 5.93. The van der Waals surface area contributed by atoms with Gasteiger partial charge >= 0.3 is 0 Å². The number of hydrogen-bond donors (Lipinski definition) is 2. The number of aryl methyl sites for hydroxylation is 2. The van der Waals surface area contributed by atoms with Crippen molar-refractivity contribution >= 4 is 34.8 Å². The summed E-state index contributed by atoms with van der Waals surface area (Å²) in [5, 5.41) is 13.4. The van der Waals surface area contributed by atoms with Crippen LogP contribution in [0.25, 0.3) is 10.9 Å². The number of nitrogens with one attached hydrogen (secondary N) is 1. The van der Waals surface area contributed by atoms with Gasteiger partial charge in [-0.25, -0.2) is 19.3 Å². The highest BCUT2D eigenvalue weighted by atomic mass is 35.5. The SMILES string of the molecule is COc1cc2c(Nc3cc(O)c(C)cc3F)ncnc2cc1OCc1nccn1C.Cl. The lowest BCUT2D eigenvalue weighted by Gasteiger charge is -2.14. The number of phenols is 1. The molecular formula is C21H21ClFN5O3. The fraction of sp³-hybridized carbons (Fsp3) is 0.190. The van der Waals surface area contributed by atoms with Gasteiger partial charge in [-0.1, -0.05) is 0 Å². The molecule has 0 saturated carbocycles. The van der Waals surface area contributed by atoms with E-state index in [-0.39, 0.29) is 30.5 Å². The van der Waals surface area contributed by atoms with Gasteiger partial charge in [-0.05, 0) is 24.6 Å². The Balaban J connectivity index is 0.00000272. The smallest absolute Gasteiger partial charge is 0.164 e. The van der Waals surface area contributed by atoms with Crippen molar-refractivity contribution in [1.29, 1.82) is 0 Å². The maximum Gasteiger partial charge on any atom is 0.164 e. The first-order chi connectivity index (χ1) is 14.5. The third-order valence-corrected chi connectivity index (χ3v) is 4.74. The Hall–Kier alpha value is -3.59. The number of methoxy groups -OCH3 is 1. The van der Waals surface area contributed by atoms with Crippen LogP contribution < -0.4 is 14.8 Å². The number of imidazole rings is 1. The number of rotatable bonds is 6. The van der Waals surface area contributed by atoms with Crippen LogP contribution in [0.3, 0.4) is 0 Å². The lowest BCUT2D eigenvalue weighted by atomic mass is 10.1. The van der Waals surface area contributed by atoms with E-state index in [1.54, 1.807) is 25.3 Å². The van der Waals surface area contributed by atoms with Crippen molar-refractivity contribution in [3.63, 3.8) is 0 Å². The summed E-state index contributed by atoms with van der Waals surface area (Å²) in [4.78, 5) is 12.7. The van der Waals surface area contributed by atoms with Crippen LogP contribution >= 0.6 is 12.4 Å². The Morgan fingerprint density at radius 1 is 1.13 bits per heavy atom. The third-order valence-electron chi connectivity index (χ3n) is 4.74. The molecule has 0 radical (unpaired) electrons. The number of hydrogen-bond acceptors (Lipinski definition) is 7. The highest BCUT2D eigenvalue weighted by Crippen LogP contribution is 2.36. The van der Waals surface area contributed by atoms with Crippen molar-refractivity contribution in [2.45, 2.75) is 13.5 Å². The molecule has 0 aliphatic carbocycles. The molecule has 2 aromatic carbocycles. The summed E-state index contributed by atoms with van der Waals surface area (Å²) in [6.45, 7) is 1.88. The fourth-order valence-electron chi connectivity index (χ4n) is 3.00. The van der Waals surface area contributed by atoms with Crippen LogP contribution in [-0.2, 0) is 13.7 Å². The van der Waals surface area contributed by atoms with Gasteiger partial charge in [0.15, 0.2) is 11.5 Å². The van der Waals surface area contributed by atoms with Crippen molar-refractivity contribution in [2.24, 2.45) is 7.05 Å². The molecule has 0 bridgehead atoms. The predicted octanol–water partition coefficient (Wildman–Crippen LogP) is 4.27. The van der Waals surface area contributed by atoms with Gasteiger partial charge in [-0.15, -0.1) is 12.4 Å². The Bertz CT molecular complexity index is 1230. The average molecular weight is 446 g/mol. The number of ether oxygens (including phenoxy) is 2. The molecule has 162 valence electrons. The molecule has 4 aromatic rings. The number of nitrogens with zero attached hydrogens (tertiary/aromatic N) is 4. The molecule has 31 heavy (non-hydrogen) atoms. The van der Waals surface area contributed by atoms with E-state index in [2.05, 4.69) is 20.3 Å². The van der Waals surface area contributed by atoms with Crippen LogP contribution in [0.1, 0.15) is 11.4 Å². The van der Waals surface area contributed by atoms with E-state index in [9.17, 15) is 9.50 Å². The normalized spacial score (nSPS) is 10.6. The first kappa shape index (κ1) is 22.1. The van der Waals surface area contributed by atoms with Gasteiger partial charge in [0.25, 0.3) is 0 Å². The summed E-state index contributed by atoms with van der Waals surface area (Å²) >= 11 is 0. The van der Waals surface area contributed by atoms with E-state index < -0.39 is 5.82 Å². The molecule has 0 unspecified atom stereocenters. The van der Waals surface area contributed by atoms with Crippen LogP contribution in [0.5, 0.6) is 17.2 Å². The third kappa shape index (κ3) is 4.46. The zero-order valence-corrected chi connectivity index (χ0v) is 17.9. The summed E-state index contributed by atoms with van der Waals surface area (Å²) in [5.74, 6) is 1.59. The second kappa shape index (κ2) is 9.05. The molecule has 2 aromatic heterocycles. The van der Waals surface area contributed by atoms with Crippen LogP contribution in [0.4, 0.5) is 15.9 Å². The number of benzene rings is 2. The van der Waals surface area contributed by atoms with Gasteiger partial charge in [0, 0.05) is 37.0 Å². The second-order valence-electron chi connectivity index (χ2n) is 6.73. The Morgan fingerprint density at radius 2 is 1.94 bits per heavy atom. The minimum atomic E-state index is -0.501. The van der Waals surface area contributed by atoms with Crippen LogP contribution in [0, 0.1) is 12.7 Å². The van der Waals surface area contributed by atoms with E-state index in [0.29, 0.717) is 33.8 Å². The second-order valence-corrected chi connectivity index (χ2v) is 6.73. The molecule has 0 aliphatic heterocycles. The molecule has 8 nitrogen and oxygen atoms in total. The highest BCUT2D eigenvalue weighted by Gasteiger charge is 2.14. The van der Waals surface area contributed by atoms with Crippen molar-refractivity contribution < 1.29 is 19.0 Å². The lowest BCUT2D eigenvalue weighted by Crippen LogP contribution is -2.04. The van der Waals surface area contributed by atoms with Gasteiger partial charge < -0.3 is 24.5 Å². The number of fused-ring (bicyclic) bond motifs is 1. The number of halogens is 2. The van der Waals surface area contributed by atoms with E-state index in [1.165, 1.54) is 25.6 Å². The molecule has 10 heteroatoms. The van der Waals surface area contributed by atoms with Gasteiger partial charge in [-0.3, -0.25) is 0 Å². The monoisotopic (exact) mass is 445 g/mol. The zero-order valence-electron chi connectivity index (χ0n) is 17.1. The summed E-state index contributed by atoms with van der Waals surface area (Å²) in [7, 11) is 3.42. The van der Waals surface area contributed by atoms with Crippen molar-refractivity contribution in [2.75, 3.05) is 12.4 Å². The molecule has 4 rings (SSSR count). The van der Waals surface area contributed by atoms with Gasteiger partial charge in [0.1, 0.15) is 36.1 Å². The minimum absolute atomic E-state index is 0. The quantitative estimate of drug-likeness (QED) is 0.457. The molecule has 0 spiro atoms. The summed E-state index contributed by atoms with van der Waals surface area (Å²) < 4.78 is 27.5. The van der Waals surface area contributed by atoms with Crippen molar-refractivity contribution in [1.82, 2.24) is 19.5 Å². The minimum Gasteiger partial charge on any atom is -0.508 e. The predicted molar refractivity (Wildman–Crippen MR) is 117 cm³/mol. The van der Waals surface area contributed by atoms with Crippen LogP contribution in [-0.4, -0.2) is 31.7 Å². The van der Waals surface area contributed by atoms with E-state index in [1.807, 2.05) is 17.8 Å². The first-order valence-corrected chi connectivity index (χ1v) is 9.14. The summed E-state index contributed by atoms with van der Waals surface area (Å²) in [6.07, 6.45) is 4.90. The van der Waals surface area contributed by atoms with Crippen molar-refractivity contribution in [3.05, 3.63) is 60.2 Å². The average Bonchev–Trinajstić information content (AvgIpc) is 3.14. The number of anilines is 2. The largest absolute Gasteiger partial charge is 0.508 e. The van der Waals surface area contributed by atoms with E-state index in [0.717, 1.165) is 5.82 Å². The lowest BCUT2D eigenvalue weighted by molar-refractivity contribution is 0.273. The van der Waals surface area contributed by atoms with Gasteiger partial charge in [-0.2, -0.15) is 0 Å². The maximum absolute atomic E-state index is 14.3. The Kier molecular flexibility index (Phi) is 6.45. The number of phenolic OH excluding ortho intramolecular Hbond substituents is 1. The summed E-state index contributed by atoms with van der Waals surface area (Å²) in [6, 6.07) is 6.02. The summed E-state index contributed by atoms with van der Waals surface area (Å²) in [5.41, 5.74) is 1.13. The van der Waals surface area contributed by atoms with Crippen molar-refractivity contribution in [3.8, 4) is 17.2 Å². The van der Waals surface area contributed by atoms with E-state index >= 15 is 0 Å². The fourth-order valence-corrected chi connectivity index (χ4v) is 3.00. The standard InChI is InChI=1S/C21H20FN5O3.ClH/c1-12-6-14(22)16(8-17(12)28)26-21-13-7-18(29-3)19(9-15(13)24-11-25-21)30-10-20-23-4-5-27(20)2;/h4-9,11,28H,10H2,1-3H3,(H,24,25,26);1H. The molecule has 0 saturated heterocycles. The first-order valence-electron chi connectivity index (χ1n) is 9.14. The molecule has 0 atom stereocenters. The Labute approximate surface area is 184 Å². The molecular weight excluding hydrogens is 425 g/mol. The topological polar surface area (TPSA) is 94.3 Å². The molecule has 2 heterocycles. The Morgan fingerprint density at radius 3 is 2.65 bits per heavy atom.